The van der Waals surface area contributed by atoms with Gasteiger partial charge >= 0.3 is 5.97 Å². The molecule has 1 rings (SSSR count). The molecule has 15 heavy (non-hydrogen) atoms. The van der Waals surface area contributed by atoms with Crippen molar-refractivity contribution in [3.05, 3.63) is 34.9 Å². The van der Waals surface area contributed by atoms with Crippen LogP contribution in [0.3, 0.4) is 0 Å². The van der Waals surface area contributed by atoms with E-state index in [1.54, 1.807) is 19.1 Å². The average molecular weight is 202 g/mol. The Balaban J connectivity index is 2.93. The zero-order chi connectivity index (χ0) is 11.3. The normalized spacial score (nSPS) is 9.20. The second-order valence-corrected chi connectivity index (χ2v) is 3.39. The van der Waals surface area contributed by atoms with E-state index in [9.17, 15) is 4.79 Å². The molecule has 0 unspecified atom stereocenters. The van der Waals surface area contributed by atoms with Crippen molar-refractivity contribution in [2.75, 3.05) is 0 Å². The van der Waals surface area contributed by atoms with Crippen LogP contribution in [-0.4, -0.2) is 11.1 Å². The summed E-state index contributed by atoms with van der Waals surface area (Å²) in [6.07, 6.45) is 1.92. The lowest BCUT2D eigenvalue weighted by molar-refractivity contribution is 0.0696. The highest BCUT2D eigenvalue weighted by Crippen LogP contribution is 2.10. The molecule has 0 atom stereocenters. The number of carbonyl (C=O) groups is 1. The van der Waals surface area contributed by atoms with Gasteiger partial charge in [0.15, 0.2) is 0 Å². The van der Waals surface area contributed by atoms with Gasteiger partial charge < -0.3 is 5.11 Å². The molecule has 0 amide bonds. The highest BCUT2D eigenvalue weighted by Gasteiger charge is 2.05. The van der Waals surface area contributed by atoms with Gasteiger partial charge in [-0.1, -0.05) is 18.8 Å². The molecule has 0 spiro atoms. The Labute approximate surface area is 89.9 Å². The first-order valence-electron chi connectivity index (χ1n) is 4.98. The number of carboxylic acid groups (broad SMARTS) is 1. The van der Waals surface area contributed by atoms with Crippen molar-refractivity contribution in [2.24, 2.45) is 0 Å². The molecular weight excluding hydrogens is 188 g/mol. The van der Waals surface area contributed by atoms with Gasteiger partial charge in [0.25, 0.3) is 0 Å². The molecule has 0 aliphatic rings. The first-order valence-corrected chi connectivity index (χ1v) is 4.98. The lowest BCUT2D eigenvalue weighted by Gasteiger charge is -2.00. The SMILES string of the molecule is CCCC#Cc1ccc(C(=O)O)c(C)c1. The highest BCUT2D eigenvalue weighted by atomic mass is 16.4. The molecule has 1 N–H and O–H groups in total. The van der Waals surface area contributed by atoms with E-state index in [-0.39, 0.29) is 0 Å². The summed E-state index contributed by atoms with van der Waals surface area (Å²) in [6.45, 7) is 3.86. The van der Waals surface area contributed by atoms with E-state index in [2.05, 4.69) is 18.8 Å². The van der Waals surface area contributed by atoms with Gasteiger partial charge in [-0.2, -0.15) is 0 Å². The Kier molecular flexibility index (Phi) is 3.93. The molecule has 2 nitrogen and oxygen atoms in total. The molecule has 0 heterocycles. The lowest BCUT2D eigenvalue weighted by atomic mass is 10.1. The van der Waals surface area contributed by atoms with Crippen LogP contribution >= 0.6 is 0 Å². The molecule has 2 heteroatoms. The number of hydrogen-bond acceptors (Lipinski definition) is 1. The van der Waals surface area contributed by atoms with E-state index in [0.717, 1.165) is 24.0 Å². The maximum absolute atomic E-state index is 10.8. The Morgan fingerprint density at radius 2 is 2.20 bits per heavy atom. The summed E-state index contributed by atoms with van der Waals surface area (Å²) < 4.78 is 0. The van der Waals surface area contributed by atoms with Crippen LogP contribution in [0, 0.1) is 18.8 Å². The van der Waals surface area contributed by atoms with Gasteiger partial charge in [0.2, 0.25) is 0 Å². The first kappa shape index (κ1) is 11.3. The van der Waals surface area contributed by atoms with Gasteiger partial charge in [0, 0.05) is 12.0 Å². The van der Waals surface area contributed by atoms with Crippen molar-refractivity contribution in [3.8, 4) is 11.8 Å². The fourth-order valence-electron chi connectivity index (χ4n) is 1.27. The number of benzene rings is 1. The van der Waals surface area contributed by atoms with Crippen molar-refractivity contribution < 1.29 is 9.90 Å². The van der Waals surface area contributed by atoms with E-state index in [1.807, 2.05) is 6.07 Å². The molecule has 0 saturated heterocycles. The topological polar surface area (TPSA) is 37.3 Å². The van der Waals surface area contributed by atoms with Crippen molar-refractivity contribution >= 4 is 5.97 Å². The van der Waals surface area contributed by atoms with E-state index in [4.69, 9.17) is 5.11 Å². The molecule has 78 valence electrons. The number of hydrogen-bond donors (Lipinski definition) is 1. The van der Waals surface area contributed by atoms with E-state index < -0.39 is 5.97 Å². The van der Waals surface area contributed by atoms with Gasteiger partial charge in [-0.3, -0.25) is 0 Å². The van der Waals surface area contributed by atoms with Gasteiger partial charge in [-0.25, -0.2) is 4.79 Å². The van der Waals surface area contributed by atoms with Gasteiger partial charge in [0.05, 0.1) is 5.56 Å². The number of unbranched alkanes of at least 4 members (excludes halogenated alkanes) is 1. The summed E-state index contributed by atoms with van der Waals surface area (Å²) in [5.74, 6) is 5.15. The highest BCUT2D eigenvalue weighted by molar-refractivity contribution is 5.89. The van der Waals surface area contributed by atoms with Crippen molar-refractivity contribution in [3.63, 3.8) is 0 Å². The first-order chi connectivity index (χ1) is 7.15. The number of rotatable bonds is 2. The largest absolute Gasteiger partial charge is 0.478 e. The minimum atomic E-state index is -0.888. The fraction of sp³-hybridized carbons (Fsp3) is 0.308. The monoisotopic (exact) mass is 202 g/mol. The summed E-state index contributed by atoms with van der Waals surface area (Å²) >= 11 is 0. The molecule has 0 saturated carbocycles. The summed E-state index contributed by atoms with van der Waals surface area (Å²) in [6, 6.07) is 5.17. The second-order valence-electron chi connectivity index (χ2n) is 3.39. The van der Waals surface area contributed by atoms with Crippen LogP contribution < -0.4 is 0 Å². The van der Waals surface area contributed by atoms with Crippen LogP contribution in [-0.2, 0) is 0 Å². The van der Waals surface area contributed by atoms with Crippen molar-refractivity contribution in [1.82, 2.24) is 0 Å². The molecule has 0 fully saturated rings. The Morgan fingerprint density at radius 1 is 1.47 bits per heavy atom. The van der Waals surface area contributed by atoms with Crippen LogP contribution in [0.1, 0.15) is 41.3 Å². The Morgan fingerprint density at radius 3 is 2.73 bits per heavy atom. The molecule has 0 aliphatic heterocycles. The average Bonchev–Trinajstić information content (AvgIpc) is 2.17. The fourth-order valence-corrected chi connectivity index (χ4v) is 1.27. The maximum Gasteiger partial charge on any atom is 0.335 e. The molecule has 1 aromatic rings. The van der Waals surface area contributed by atoms with Crippen molar-refractivity contribution in [2.45, 2.75) is 26.7 Å². The number of aromatic carboxylic acids is 1. The van der Waals surface area contributed by atoms with Gasteiger partial charge in [0.1, 0.15) is 0 Å². The minimum absolute atomic E-state index is 0.344. The van der Waals surface area contributed by atoms with Crippen LogP contribution in [0.4, 0.5) is 0 Å². The Bertz CT molecular complexity index is 422. The molecule has 0 bridgehead atoms. The molecule has 0 radical (unpaired) electrons. The van der Waals surface area contributed by atoms with E-state index in [1.165, 1.54) is 0 Å². The zero-order valence-electron chi connectivity index (χ0n) is 9.00. The van der Waals surface area contributed by atoms with Crippen LogP contribution in [0.5, 0.6) is 0 Å². The van der Waals surface area contributed by atoms with Gasteiger partial charge in [-0.15, -0.1) is 0 Å². The smallest absolute Gasteiger partial charge is 0.335 e. The quantitative estimate of drug-likeness (QED) is 0.749. The summed E-state index contributed by atoms with van der Waals surface area (Å²) in [7, 11) is 0. The summed E-state index contributed by atoms with van der Waals surface area (Å²) in [4.78, 5) is 10.8. The van der Waals surface area contributed by atoms with Gasteiger partial charge in [-0.05, 0) is 37.1 Å². The third kappa shape index (κ3) is 3.14. The summed E-state index contributed by atoms with van der Waals surface area (Å²) in [5, 5.41) is 8.83. The van der Waals surface area contributed by atoms with E-state index >= 15 is 0 Å². The molecule has 0 aromatic heterocycles. The third-order valence-corrected chi connectivity index (χ3v) is 2.06. The maximum atomic E-state index is 10.8. The predicted octanol–water partition coefficient (Wildman–Crippen LogP) is 2.84. The minimum Gasteiger partial charge on any atom is -0.478 e. The zero-order valence-corrected chi connectivity index (χ0v) is 9.00. The predicted molar refractivity (Wildman–Crippen MR) is 59.9 cm³/mol. The van der Waals surface area contributed by atoms with Crippen LogP contribution in [0.2, 0.25) is 0 Å². The van der Waals surface area contributed by atoms with E-state index in [0.29, 0.717) is 5.56 Å². The summed E-state index contributed by atoms with van der Waals surface area (Å²) in [5.41, 5.74) is 1.98. The number of carboxylic acids is 1. The standard InChI is InChI=1S/C13H14O2/c1-3-4-5-6-11-7-8-12(13(14)15)10(2)9-11/h7-9H,3-4H2,1-2H3,(H,14,15). The molecular formula is C13H14O2. The van der Waals surface area contributed by atoms with Crippen molar-refractivity contribution in [1.29, 1.82) is 0 Å². The van der Waals surface area contributed by atoms with Crippen LogP contribution in [0.25, 0.3) is 0 Å². The number of aryl methyl sites for hydroxylation is 1. The molecule has 0 aliphatic carbocycles. The lowest BCUT2D eigenvalue weighted by Crippen LogP contribution is -1.99. The second kappa shape index (κ2) is 5.21. The Hall–Kier alpha value is -1.75. The van der Waals surface area contributed by atoms with Crippen LogP contribution in [0.15, 0.2) is 18.2 Å². The molecule has 1 aromatic carbocycles. The third-order valence-electron chi connectivity index (χ3n) is 2.06.